The minimum atomic E-state index is -0.727. The van der Waals surface area contributed by atoms with Gasteiger partial charge in [0.25, 0.3) is 0 Å². The van der Waals surface area contributed by atoms with Crippen LogP contribution in [0.4, 0.5) is 0 Å². The summed E-state index contributed by atoms with van der Waals surface area (Å²) in [6.45, 7) is 3.72. The maximum absolute atomic E-state index is 9.45. The van der Waals surface area contributed by atoms with Gasteiger partial charge in [-0.05, 0) is 37.1 Å². The van der Waals surface area contributed by atoms with Crippen molar-refractivity contribution in [2.45, 2.75) is 31.9 Å². The van der Waals surface area contributed by atoms with Gasteiger partial charge in [0.05, 0.1) is 0 Å². The molecule has 0 aliphatic rings. The van der Waals surface area contributed by atoms with E-state index in [2.05, 4.69) is 0 Å². The molecule has 0 saturated carbocycles. The van der Waals surface area contributed by atoms with Gasteiger partial charge < -0.3 is 9.84 Å². The third kappa shape index (κ3) is 3.56. The van der Waals surface area contributed by atoms with Crippen molar-refractivity contribution in [1.82, 2.24) is 0 Å². The number of aliphatic hydroxyl groups is 1. The molecule has 1 N–H and O–H groups in total. The van der Waals surface area contributed by atoms with Gasteiger partial charge in [-0.1, -0.05) is 30.1 Å². The Labute approximate surface area is 99.8 Å². The van der Waals surface area contributed by atoms with E-state index in [1.54, 1.807) is 18.2 Å². The summed E-state index contributed by atoms with van der Waals surface area (Å²) in [7, 11) is 0. The molecule has 0 amide bonds. The summed E-state index contributed by atoms with van der Waals surface area (Å²) in [6.07, 6.45) is -0.109. The number of alkyl halides is 1. The second kappa shape index (κ2) is 5.59. The molecule has 0 aromatic heterocycles. The van der Waals surface area contributed by atoms with Crippen LogP contribution in [0.2, 0.25) is 5.02 Å². The molecule has 0 aliphatic heterocycles. The molecule has 2 nitrogen and oxygen atoms in total. The first-order chi connectivity index (χ1) is 7.04. The molecule has 0 fully saturated rings. The molecule has 2 unspecified atom stereocenters. The Hall–Kier alpha value is -0.440. The Morgan fingerprint density at radius 2 is 2.13 bits per heavy atom. The molecule has 0 spiro atoms. The van der Waals surface area contributed by atoms with Gasteiger partial charge in [-0.3, -0.25) is 0 Å². The van der Waals surface area contributed by atoms with E-state index in [9.17, 15) is 5.11 Å². The maximum Gasteiger partial charge on any atom is 0.197 e. The highest BCUT2D eigenvalue weighted by Gasteiger charge is 2.16. The van der Waals surface area contributed by atoms with Crippen molar-refractivity contribution in [2.24, 2.45) is 0 Å². The normalized spacial score (nSPS) is 14.7. The van der Waals surface area contributed by atoms with Crippen molar-refractivity contribution in [3.8, 4) is 5.75 Å². The maximum atomic E-state index is 9.45. The van der Waals surface area contributed by atoms with Crippen LogP contribution in [0.15, 0.2) is 18.2 Å². The highest BCUT2D eigenvalue weighted by atomic mass is 35.5. The van der Waals surface area contributed by atoms with E-state index in [1.165, 1.54) is 0 Å². The zero-order chi connectivity index (χ0) is 11.4. The molecular formula is C11H14Cl2O2. The Morgan fingerprint density at radius 1 is 1.47 bits per heavy atom. The summed E-state index contributed by atoms with van der Waals surface area (Å²) in [5.74, 6) is 0.645. The molecular weight excluding hydrogens is 235 g/mol. The Morgan fingerprint density at radius 3 is 2.67 bits per heavy atom. The van der Waals surface area contributed by atoms with Gasteiger partial charge in [0.1, 0.15) is 11.9 Å². The fraction of sp³-hybridized carbons (Fsp3) is 0.455. The molecule has 84 valence electrons. The van der Waals surface area contributed by atoms with Crippen LogP contribution < -0.4 is 4.74 Å². The number of hydrogen-bond donors (Lipinski definition) is 1. The average molecular weight is 249 g/mol. The smallest absolute Gasteiger partial charge is 0.197 e. The largest absolute Gasteiger partial charge is 0.472 e. The summed E-state index contributed by atoms with van der Waals surface area (Å²) >= 11 is 11.7. The van der Waals surface area contributed by atoms with Crippen LogP contribution in [0.1, 0.15) is 18.9 Å². The van der Waals surface area contributed by atoms with Crippen LogP contribution in [0.3, 0.4) is 0 Å². The van der Waals surface area contributed by atoms with E-state index in [1.807, 2.05) is 13.8 Å². The average Bonchev–Trinajstić information content (AvgIpc) is 2.20. The van der Waals surface area contributed by atoms with E-state index in [-0.39, 0.29) is 0 Å². The van der Waals surface area contributed by atoms with Crippen LogP contribution in [0, 0.1) is 6.92 Å². The first kappa shape index (κ1) is 12.6. The van der Waals surface area contributed by atoms with Gasteiger partial charge in [-0.25, -0.2) is 0 Å². The minimum Gasteiger partial charge on any atom is -0.472 e. The number of aliphatic hydroxyl groups excluding tert-OH is 1. The number of aryl methyl sites for hydroxylation is 1. The third-order valence-electron chi connectivity index (χ3n) is 2.10. The summed E-state index contributed by atoms with van der Waals surface area (Å²) in [5, 5.41) is 10.1. The van der Waals surface area contributed by atoms with Crippen molar-refractivity contribution >= 4 is 23.2 Å². The lowest BCUT2D eigenvalue weighted by molar-refractivity contribution is 0.0797. The number of hydrogen-bond acceptors (Lipinski definition) is 2. The predicted octanol–water partition coefficient (Wildman–Crippen LogP) is 3.36. The molecule has 1 aromatic carbocycles. The van der Waals surface area contributed by atoms with E-state index in [0.29, 0.717) is 17.2 Å². The molecule has 0 saturated heterocycles. The molecule has 2 atom stereocenters. The number of rotatable bonds is 4. The first-order valence-corrected chi connectivity index (χ1v) is 5.61. The topological polar surface area (TPSA) is 29.5 Å². The van der Waals surface area contributed by atoms with Crippen molar-refractivity contribution in [3.05, 3.63) is 28.8 Å². The Balaban J connectivity index is 2.72. The standard InChI is InChI=1S/C11H14Cl2O2/c1-3-9(14)11(13)15-10-5-4-8(12)6-7(10)2/h4-6,9,11,14H,3H2,1-2H3. The van der Waals surface area contributed by atoms with Crippen LogP contribution in [0.25, 0.3) is 0 Å². The van der Waals surface area contributed by atoms with Gasteiger partial charge in [0.2, 0.25) is 0 Å². The van der Waals surface area contributed by atoms with Crippen molar-refractivity contribution in [3.63, 3.8) is 0 Å². The monoisotopic (exact) mass is 248 g/mol. The highest BCUT2D eigenvalue weighted by Crippen LogP contribution is 2.24. The lowest BCUT2D eigenvalue weighted by atomic mass is 10.2. The van der Waals surface area contributed by atoms with Crippen molar-refractivity contribution in [1.29, 1.82) is 0 Å². The lowest BCUT2D eigenvalue weighted by Crippen LogP contribution is -2.25. The minimum absolute atomic E-state index is 0.556. The fourth-order valence-electron chi connectivity index (χ4n) is 1.13. The van der Waals surface area contributed by atoms with E-state index in [4.69, 9.17) is 27.9 Å². The van der Waals surface area contributed by atoms with Crippen LogP contribution in [-0.4, -0.2) is 16.8 Å². The van der Waals surface area contributed by atoms with Gasteiger partial charge in [0.15, 0.2) is 5.56 Å². The van der Waals surface area contributed by atoms with E-state index < -0.39 is 11.7 Å². The SMILES string of the molecule is CCC(O)C(Cl)Oc1ccc(Cl)cc1C. The summed E-state index contributed by atoms with van der Waals surface area (Å²) in [6, 6.07) is 5.26. The molecule has 1 rings (SSSR count). The molecule has 15 heavy (non-hydrogen) atoms. The Kier molecular flexibility index (Phi) is 4.71. The predicted molar refractivity (Wildman–Crippen MR) is 62.8 cm³/mol. The molecule has 0 heterocycles. The zero-order valence-electron chi connectivity index (χ0n) is 8.71. The summed E-state index contributed by atoms with van der Waals surface area (Å²) < 4.78 is 5.41. The van der Waals surface area contributed by atoms with Crippen LogP contribution in [-0.2, 0) is 0 Å². The first-order valence-electron chi connectivity index (χ1n) is 4.79. The second-order valence-corrected chi connectivity index (χ2v) is 4.22. The van der Waals surface area contributed by atoms with Crippen molar-refractivity contribution in [2.75, 3.05) is 0 Å². The van der Waals surface area contributed by atoms with E-state index >= 15 is 0 Å². The third-order valence-corrected chi connectivity index (χ3v) is 2.71. The summed E-state index contributed by atoms with van der Waals surface area (Å²) in [5.41, 5.74) is 0.173. The second-order valence-electron chi connectivity index (χ2n) is 3.35. The molecule has 0 bridgehead atoms. The molecule has 0 radical (unpaired) electrons. The number of halogens is 2. The van der Waals surface area contributed by atoms with Crippen molar-refractivity contribution < 1.29 is 9.84 Å². The quantitative estimate of drug-likeness (QED) is 0.829. The van der Waals surface area contributed by atoms with Crippen LogP contribution in [0.5, 0.6) is 5.75 Å². The molecule has 0 aliphatic carbocycles. The highest BCUT2D eigenvalue weighted by molar-refractivity contribution is 6.30. The number of benzene rings is 1. The lowest BCUT2D eigenvalue weighted by Gasteiger charge is -2.18. The molecule has 4 heteroatoms. The van der Waals surface area contributed by atoms with Crippen LogP contribution >= 0.6 is 23.2 Å². The van der Waals surface area contributed by atoms with Gasteiger partial charge >= 0.3 is 0 Å². The van der Waals surface area contributed by atoms with Gasteiger partial charge in [-0.2, -0.15) is 0 Å². The van der Waals surface area contributed by atoms with E-state index in [0.717, 1.165) is 5.56 Å². The summed E-state index contributed by atoms with van der Waals surface area (Å²) in [4.78, 5) is 0. The van der Waals surface area contributed by atoms with Gasteiger partial charge in [0, 0.05) is 5.02 Å². The zero-order valence-corrected chi connectivity index (χ0v) is 10.2. The molecule has 1 aromatic rings. The fourth-order valence-corrected chi connectivity index (χ4v) is 1.63. The Bertz CT molecular complexity index is 328. The van der Waals surface area contributed by atoms with Gasteiger partial charge in [-0.15, -0.1) is 0 Å². The number of ether oxygens (including phenoxy) is 1.